The van der Waals surface area contributed by atoms with Crippen LogP contribution in [-0.4, -0.2) is 19.1 Å². The summed E-state index contributed by atoms with van der Waals surface area (Å²) in [5.74, 6) is -1.59. The van der Waals surface area contributed by atoms with E-state index in [1.807, 2.05) is 12.1 Å². The Morgan fingerprint density at radius 1 is 1.37 bits per heavy atom. The van der Waals surface area contributed by atoms with Crippen LogP contribution in [0.15, 0.2) is 18.2 Å². The summed E-state index contributed by atoms with van der Waals surface area (Å²) in [5.41, 5.74) is 1.16. The molecule has 2 rings (SSSR count). The Morgan fingerprint density at radius 2 is 2.05 bits per heavy atom. The van der Waals surface area contributed by atoms with Crippen molar-refractivity contribution in [3.05, 3.63) is 27.3 Å². The number of benzene rings is 1. The Hall–Kier alpha value is -0.430. The van der Waals surface area contributed by atoms with E-state index in [9.17, 15) is 8.78 Å². The Labute approximate surface area is 126 Å². The van der Waals surface area contributed by atoms with Crippen LogP contribution in [0.5, 0.6) is 5.75 Å². The third kappa shape index (κ3) is 4.27. The fourth-order valence-corrected chi connectivity index (χ4v) is 3.13. The van der Waals surface area contributed by atoms with Crippen molar-refractivity contribution in [1.29, 1.82) is 0 Å². The lowest BCUT2D eigenvalue weighted by Gasteiger charge is -2.29. The molecule has 1 fully saturated rings. The Morgan fingerprint density at radius 3 is 2.63 bits per heavy atom. The normalized spacial score (nSPS) is 19.4. The minimum Gasteiger partial charge on any atom is -0.496 e. The average molecular weight is 381 g/mol. The van der Waals surface area contributed by atoms with Crippen molar-refractivity contribution in [2.24, 2.45) is 0 Å². The third-order valence-electron chi connectivity index (χ3n) is 3.53. The van der Waals surface area contributed by atoms with E-state index in [-0.39, 0.29) is 18.9 Å². The van der Waals surface area contributed by atoms with Gasteiger partial charge in [0.1, 0.15) is 5.75 Å². The monoisotopic (exact) mass is 381 g/mol. The quantitative estimate of drug-likeness (QED) is 0.798. The van der Waals surface area contributed by atoms with Crippen molar-refractivity contribution in [3.63, 3.8) is 0 Å². The zero-order valence-corrected chi connectivity index (χ0v) is 13.0. The lowest BCUT2D eigenvalue weighted by molar-refractivity contribution is -0.0405. The molecule has 19 heavy (non-hydrogen) atoms. The Balaban J connectivity index is 1.84. The Kier molecular flexibility index (Phi) is 5.00. The Bertz CT molecular complexity index is 429. The molecule has 0 radical (unpaired) electrons. The van der Waals surface area contributed by atoms with Gasteiger partial charge in [-0.25, -0.2) is 8.78 Å². The molecule has 0 amide bonds. The maximum Gasteiger partial charge on any atom is 0.248 e. The highest BCUT2D eigenvalue weighted by Gasteiger charge is 2.34. The summed E-state index contributed by atoms with van der Waals surface area (Å²) >= 11 is 2.23. The van der Waals surface area contributed by atoms with Crippen molar-refractivity contribution in [2.75, 3.05) is 7.11 Å². The average Bonchev–Trinajstić information content (AvgIpc) is 2.38. The van der Waals surface area contributed by atoms with E-state index in [1.165, 1.54) is 0 Å². The minimum atomic E-state index is -2.45. The van der Waals surface area contributed by atoms with Gasteiger partial charge in [-0.05, 0) is 53.1 Å². The summed E-state index contributed by atoms with van der Waals surface area (Å²) < 4.78 is 32.3. The molecule has 0 heterocycles. The van der Waals surface area contributed by atoms with E-state index in [2.05, 4.69) is 34.0 Å². The fourth-order valence-electron chi connectivity index (χ4n) is 2.33. The maximum absolute atomic E-state index is 13.0. The summed E-state index contributed by atoms with van der Waals surface area (Å²) in [5, 5.41) is 3.36. The van der Waals surface area contributed by atoms with Crippen molar-refractivity contribution >= 4 is 22.6 Å². The second-order valence-electron chi connectivity index (χ2n) is 4.98. The van der Waals surface area contributed by atoms with Crippen LogP contribution in [0.4, 0.5) is 8.78 Å². The number of hydrogen-bond acceptors (Lipinski definition) is 2. The molecule has 2 nitrogen and oxygen atoms in total. The number of methoxy groups -OCH3 is 1. The van der Waals surface area contributed by atoms with E-state index in [0.717, 1.165) is 21.4 Å². The van der Waals surface area contributed by atoms with Crippen LogP contribution < -0.4 is 10.1 Å². The minimum absolute atomic E-state index is 0.00478. The number of rotatable bonds is 4. The highest BCUT2D eigenvalue weighted by atomic mass is 127. The van der Waals surface area contributed by atoms with Gasteiger partial charge in [-0.15, -0.1) is 0 Å². The predicted octanol–water partition coefficient (Wildman–Crippen LogP) is 3.97. The van der Waals surface area contributed by atoms with Gasteiger partial charge in [-0.1, -0.05) is 6.07 Å². The van der Waals surface area contributed by atoms with Gasteiger partial charge in [0.05, 0.1) is 10.7 Å². The first-order valence-corrected chi connectivity index (χ1v) is 7.52. The second-order valence-corrected chi connectivity index (χ2v) is 6.14. The first kappa shape index (κ1) is 15.0. The smallest absolute Gasteiger partial charge is 0.248 e. The molecule has 106 valence electrons. The molecule has 0 bridgehead atoms. The zero-order chi connectivity index (χ0) is 13.9. The lowest BCUT2D eigenvalue weighted by atomic mass is 9.92. The van der Waals surface area contributed by atoms with E-state index in [1.54, 1.807) is 7.11 Å². The first-order chi connectivity index (χ1) is 9.00. The molecule has 0 spiro atoms. The van der Waals surface area contributed by atoms with Crippen LogP contribution in [0.3, 0.4) is 0 Å². The van der Waals surface area contributed by atoms with Gasteiger partial charge in [-0.3, -0.25) is 0 Å². The molecule has 1 aromatic carbocycles. The maximum atomic E-state index is 13.0. The van der Waals surface area contributed by atoms with Crippen LogP contribution in [0.25, 0.3) is 0 Å². The van der Waals surface area contributed by atoms with Crippen LogP contribution in [0.1, 0.15) is 31.2 Å². The first-order valence-electron chi connectivity index (χ1n) is 6.44. The van der Waals surface area contributed by atoms with Crippen LogP contribution in [0.2, 0.25) is 0 Å². The number of ether oxygens (including phenoxy) is 1. The molecular weight excluding hydrogens is 363 g/mol. The third-order valence-corrected chi connectivity index (χ3v) is 4.37. The molecule has 1 aliphatic carbocycles. The summed E-state index contributed by atoms with van der Waals surface area (Å²) in [6.45, 7) is 0.718. The highest BCUT2D eigenvalue weighted by Crippen LogP contribution is 2.33. The number of nitrogens with one attached hydrogen (secondary N) is 1. The summed E-state index contributed by atoms with van der Waals surface area (Å²) in [7, 11) is 1.65. The summed E-state index contributed by atoms with van der Waals surface area (Å²) in [6, 6.07) is 6.21. The van der Waals surface area contributed by atoms with Crippen molar-refractivity contribution in [2.45, 2.75) is 44.2 Å². The fraction of sp³-hybridized carbons (Fsp3) is 0.571. The molecule has 1 aromatic rings. The van der Waals surface area contributed by atoms with E-state index in [4.69, 9.17) is 4.74 Å². The molecule has 0 aromatic heterocycles. The molecule has 5 heteroatoms. The van der Waals surface area contributed by atoms with Crippen LogP contribution in [0, 0.1) is 3.57 Å². The highest BCUT2D eigenvalue weighted by molar-refractivity contribution is 14.1. The van der Waals surface area contributed by atoms with E-state index in [0.29, 0.717) is 12.8 Å². The number of hydrogen-bond donors (Lipinski definition) is 1. The van der Waals surface area contributed by atoms with E-state index >= 15 is 0 Å². The molecular formula is C14H18F2INO. The molecule has 0 saturated heterocycles. The summed E-state index contributed by atoms with van der Waals surface area (Å²) in [6.07, 6.45) is 1.12. The largest absolute Gasteiger partial charge is 0.496 e. The van der Waals surface area contributed by atoms with Gasteiger partial charge < -0.3 is 10.1 Å². The molecule has 1 saturated carbocycles. The standard InChI is InChI=1S/C14H18F2INO/c1-19-13-3-2-10(8-12(13)17)9-18-11-4-6-14(15,16)7-5-11/h2-3,8,11,18H,4-7,9H2,1H3. The molecule has 1 aliphatic rings. The molecule has 1 N–H and O–H groups in total. The van der Waals surface area contributed by atoms with Gasteiger partial charge in [0, 0.05) is 25.4 Å². The van der Waals surface area contributed by atoms with E-state index < -0.39 is 5.92 Å². The van der Waals surface area contributed by atoms with Gasteiger partial charge in [-0.2, -0.15) is 0 Å². The van der Waals surface area contributed by atoms with Crippen LogP contribution >= 0.6 is 22.6 Å². The zero-order valence-electron chi connectivity index (χ0n) is 10.9. The number of halogens is 3. The molecule has 0 unspecified atom stereocenters. The van der Waals surface area contributed by atoms with Gasteiger partial charge in [0.25, 0.3) is 0 Å². The van der Waals surface area contributed by atoms with Gasteiger partial charge in [0.2, 0.25) is 5.92 Å². The SMILES string of the molecule is COc1ccc(CNC2CCC(F)(F)CC2)cc1I. The topological polar surface area (TPSA) is 21.3 Å². The lowest BCUT2D eigenvalue weighted by Crippen LogP contribution is -2.36. The van der Waals surface area contributed by atoms with Gasteiger partial charge in [0.15, 0.2) is 0 Å². The van der Waals surface area contributed by atoms with Crippen LogP contribution in [-0.2, 0) is 6.54 Å². The molecule has 0 aliphatic heterocycles. The predicted molar refractivity (Wildman–Crippen MR) is 79.8 cm³/mol. The number of alkyl halides is 2. The second kappa shape index (κ2) is 6.35. The summed E-state index contributed by atoms with van der Waals surface area (Å²) in [4.78, 5) is 0. The van der Waals surface area contributed by atoms with Gasteiger partial charge >= 0.3 is 0 Å². The van der Waals surface area contributed by atoms with Crippen molar-refractivity contribution in [3.8, 4) is 5.75 Å². The van der Waals surface area contributed by atoms with Crippen molar-refractivity contribution in [1.82, 2.24) is 5.32 Å². The molecule has 0 atom stereocenters. The van der Waals surface area contributed by atoms with Crippen molar-refractivity contribution < 1.29 is 13.5 Å².